The zero-order chi connectivity index (χ0) is 49.4. The van der Waals surface area contributed by atoms with E-state index in [9.17, 15) is 44.7 Å². The van der Waals surface area contributed by atoms with Gasteiger partial charge in [-0.3, -0.25) is 29.6 Å². The SMILES string of the molecule is CC#C[C@]1(O)CC[C@H]2[C@@H]3CCC4=CC(=O)CCC4=C3[C@@H](c3ccc(N(CC(=O)CCCC(=O)O)NC(=O)[C@@H]4[C@H](O)CC[C@]5(C)C6C[C@H](O)[C@@]7(C)C(CC[C@@H]7[C@H](C)CCC)C6[C@H](O)C[C@H]45)cc3)C[C@@]21C. The third-order valence-electron chi connectivity index (χ3n) is 21.0. The zero-order valence-corrected chi connectivity index (χ0v) is 42.1. The second kappa shape index (κ2) is 19.0. The summed E-state index contributed by atoms with van der Waals surface area (Å²) in [5.41, 5.74) is 6.23. The fourth-order valence-electron chi connectivity index (χ4n) is 17.6. The second-order valence-electron chi connectivity index (χ2n) is 24.1. The van der Waals surface area contributed by atoms with Crippen LogP contribution in [0.2, 0.25) is 0 Å². The summed E-state index contributed by atoms with van der Waals surface area (Å²) in [6.07, 6.45) is 11.1. The zero-order valence-electron chi connectivity index (χ0n) is 42.1. The second-order valence-corrected chi connectivity index (χ2v) is 24.1. The minimum atomic E-state index is -1.12. The molecule has 0 aromatic heterocycles. The molecule has 8 aliphatic rings. The number of carbonyl (C=O) groups excluding carboxylic acids is 3. The highest BCUT2D eigenvalue weighted by atomic mass is 16.4. The molecule has 0 heterocycles. The summed E-state index contributed by atoms with van der Waals surface area (Å²) < 4.78 is 0. The van der Waals surface area contributed by atoms with Crippen LogP contribution in [-0.4, -0.2) is 79.4 Å². The van der Waals surface area contributed by atoms with Crippen molar-refractivity contribution in [1.82, 2.24) is 5.43 Å². The molecule has 1 aromatic rings. The average molecular weight is 949 g/mol. The number of hydrogen-bond donors (Lipinski definition) is 6. The number of nitrogens with one attached hydrogen (secondary N) is 1. The molecule has 17 atom stereocenters. The summed E-state index contributed by atoms with van der Waals surface area (Å²) in [6, 6.07) is 7.93. The van der Waals surface area contributed by atoms with Crippen molar-refractivity contribution in [3.8, 4) is 11.8 Å². The Morgan fingerprint density at radius 3 is 2.35 bits per heavy atom. The van der Waals surface area contributed by atoms with Gasteiger partial charge in [-0.15, -0.1) is 5.92 Å². The van der Waals surface area contributed by atoms with E-state index in [-0.39, 0.29) is 84.2 Å². The van der Waals surface area contributed by atoms with Gasteiger partial charge in [0.1, 0.15) is 5.60 Å². The van der Waals surface area contributed by atoms with Gasteiger partial charge in [0.15, 0.2) is 11.6 Å². The number of aliphatic hydroxyl groups is 4. The number of benzene rings is 1. The molecule has 69 heavy (non-hydrogen) atoms. The number of carbonyl (C=O) groups is 4. The first-order valence-corrected chi connectivity index (χ1v) is 26.9. The molecule has 6 fully saturated rings. The Hall–Kier alpha value is -3.82. The van der Waals surface area contributed by atoms with Gasteiger partial charge in [-0.05, 0) is 183 Å². The van der Waals surface area contributed by atoms with Crippen LogP contribution in [0.4, 0.5) is 5.69 Å². The molecule has 1 aromatic carbocycles. The number of amides is 1. The Morgan fingerprint density at radius 1 is 0.884 bits per heavy atom. The summed E-state index contributed by atoms with van der Waals surface area (Å²) in [7, 11) is 0. The Morgan fingerprint density at radius 2 is 1.64 bits per heavy atom. The lowest BCUT2D eigenvalue weighted by Crippen LogP contribution is -2.65. The fraction of sp³-hybridized carbons (Fsp3) is 0.724. The van der Waals surface area contributed by atoms with Gasteiger partial charge in [0, 0.05) is 30.6 Å². The van der Waals surface area contributed by atoms with Crippen LogP contribution in [0.15, 0.2) is 47.1 Å². The molecule has 1 amide bonds. The molecule has 0 saturated heterocycles. The third-order valence-corrected chi connectivity index (χ3v) is 21.0. The van der Waals surface area contributed by atoms with Crippen LogP contribution < -0.4 is 10.4 Å². The minimum absolute atomic E-state index is 0.000728. The quantitative estimate of drug-likeness (QED) is 0.0827. The first-order valence-electron chi connectivity index (χ1n) is 26.9. The van der Waals surface area contributed by atoms with Crippen LogP contribution in [0.1, 0.15) is 169 Å². The number of aliphatic carboxylic acids is 1. The van der Waals surface area contributed by atoms with Crippen LogP contribution in [0.25, 0.3) is 0 Å². The highest BCUT2D eigenvalue weighted by Crippen LogP contribution is 2.70. The Balaban J connectivity index is 1.01. The van der Waals surface area contributed by atoms with Crippen molar-refractivity contribution in [3.63, 3.8) is 0 Å². The number of hydrogen-bond acceptors (Lipinski definition) is 9. The van der Waals surface area contributed by atoms with Crippen LogP contribution in [-0.2, 0) is 19.2 Å². The van der Waals surface area contributed by atoms with E-state index in [1.54, 1.807) is 11.9 Å². The third kappa shape index (κ3) is 8.37. The van der Waals surface area contributed by atoms with E-state index in [0.717, 1.165) is 56.1 Å². The molecular formula is C58H80N2O9. The molecule has 6 saturated carbocycles. The van der Waals surface area contributed by atoms with E-state index < -0.39 is 52.5 Å². The molecule has 6 N–H and O–H groups in total. The largest absolute Gasteiger partial charge is 0.481 e. The number of carboxylic acid groups (broad SMARTS) is 1. The Kier molecular flexibility index (Phi) is 13.8. The summed E-state index contributed by atoms with van der Waals surface area (Å²) in [4.78, 5) is 52.8. The van der Waals surface area contributed by atoms with Gasteiger partial charge in [-0.25, -0.2) is 0 Å². The predicted molar refractivity (Wildman–Crippen MR) is 264 cm³/mol. The van der Waals surface area contributed by atoms with Crippen LogP contribution in [0.3, 0.4) is 0 Å². The molecule has 3 unspecified atom stereocenters. The highest BCUT2D eigenvalue weighted by Gasteiger charge is 2.68. The van der Waals surface area contributed by atoms with Crippen molar-refractivity contribution in [1.29, 1.82) is 0 Å². The van der Waals surface area contributed by atoms with Gasteiger partial charge in [-0.2, -0.15) is 0 Å². The number of fused-ring (bicyclic) bond motifs is 9. The fourth-order valence-corrected chi connectivity index (χ4v) is 17.6. The monoisotopic (exact) mass is 949 g/mol. The number of anilines is 1. The molecule has 8 aliphatic carbocycles. The normalized spacial score (nSPS) is 41.4. The number of ketones is 2. The van der Waals surface area contributed by atoms with Gasteiger partial charge >= 0.3 is 5.97 Å². The summed E-state index contributed by atoms with van der Waals surface area (Å²) in [6.45, 7) is 12.8. The van der Waals surface area contributed by atoms with Gasteiger partial charge in [0.2, 0.25) is 5.91 Å². The van der Waals surface area contributed by atoms with Crippen molar-refractivity contribution in [2.75, 3.05) is 11.6 Å². The number of rotatable bonds is 13. The summed E-state index contributed by atoms with van der Waals surface area (Å²) >= 11 is 0. The number of allylic oxidation sites excluding steroid dienone is 4. The van der Waals surface area contributed by atoms with Gasteiger partial charge in [-0.1, -0.05) is 71.1 Å². The van der Waals surface area contributed by atoms with Gasteiger partial charge in [0.05, 0.1) is 36.5 Å². The molecule has 0 aliphatic heterocycles. The Labute approximate surface area is 410 Å². The van der Waals surface area contributed by atoms with Crippen LogP contribution in [0.5, 0.6) is 0 Å². The van der Waals surface area contributed by atoms with Crippen LogP contribution >= 0.6 is 0 Å². The molecule has 0 radical (unpaired) electrons. The lowest BCUT2D eigenvalue weighted by Gasteiger charge is -2.64. The lowest BCUT2D eigenvalue weighted by molar-refractivity contribution is -0.218. The molecule has 11 heteroatoms. The predicted octanol–water partition coefficient (Wildman–Crippen LogP) is 8.63. The van der Waals surface area contributed by atoms with E-state index in [1.165, 1.54) is 11.1 Å². The Bertz CT molecular complexity index is 2310. The number of carboxylic acids is 1. The van der Waals surface area contributed by atoms with Gasteiger partial charge < -0.3 is 25.5 Å². The van der Waals surface area contributed by atoms with Crippen molar-refractivity contribution >= 4 is 29.1 Å². The number of aliphatic hydroxyl groups excluding tert-OH is 3. The molecule has 11 nitrogen and oxygen atoms in total. The molecule has 0 bridgehead atoms. The smallest absolute Gasteiger partial charge is 0.303 e. The maximum atomic E-state index is 15.0. The number of nitrogens with zero attached hydrogens (tertiary/aromatic N) is 1. The van der Waals surface area contributed by atoms with E-state index >= 15 is 0 Å². The van der Waals surface area contributed by atoms with E-state index in [1.807, 2.05) is 18.2 Å². The molecule has 0 spiro atoms. The molecular weight excluding hydrogens is 869 g/mol. The van der Waals surface area contributed by atoms with E-state index in [0.29, 0.717) is 68.9 Å². The molecule has 376 valence electrons. The summed E-state index contributed by atoms with van der Waals surface area (Å²) in [5.74, 6) is 5.04. The number of Topliss-reactive ketones (excluding diaryl/α,β-unsaturated/α-hetero) is 1. The van der Waals surface area contributed by atoms with Crippen molar-refractivity contribution in [2.45, 2.75) is 187 Å². The van der Waals surface area contributed by atoms with E-state index in [2.05, 4.69) is 64.0 Å². The number of hydrazine groups is 1. The maximum Gasteiger partial charge on any atom is 0.303 e. The minimum Gasteiger partial charge on any atom is -0.481 e. The van der Waals surface area contributed by atoms with Crippen LogP contribution in [0, 0.1) is 81.3 Å². The maximum absolute atomic E-state index is 15.0. The average Bonchev–Trinajstić information content (AvgIpc) is 3.80. The van der Waals surface area contributed by atoms with Crippen molar-refractivity contribution in [2.24, 2.45) is 69.5 Å². The highest BCUT2D eigenvalue weighted by molar-refractivity contribution is 5.93. The lowest BCUT2D eigenvalue weighted by atomic mass is 9.41. The van der Waals surface area contributed by atoms with E-state index in [4.69, 9.17) is 0 Å². The first-order chi connectivity index (χ1) is 32.8. The standard InChI is InChI=1S/C58H80N2O9/c1-7-10-33(3)42-21-22-44-52-46(30-49(65)57(42,44)6)55(4)26-24-47(63)53(45(55)29-48(52)64)54(68)59-60(32-38(62)11-9-12-50(66)67)36-16-13-34(14-17-36)41-31-56(5)43(23-27-58(56,69)25-8-2)40-19-15-35-28-37(61)18-20-39(35)51(40)41/h13-14,16-17,28,33,40-49,52-53,63-65,69H,7,9-12,15,18-24,26-27,29-32H2,1-6H3,(H,59,68)(H,66,67)/t33-,40+,41-,42-,43+,44?,45-,46?,47-,48-,49+,52?,53+,55+,56+,57-,58+/m1/s1. The topological polar surface area (TPSA) is 185 Å². The van der Waals surface area contributed by atoms with Crippen molar-refractivity contribution in [3.05, 3.63) is 52.6 Å². The first kappa shape index (κ1) is 50.1. The van der Waals surface area contributed by atoms with Gasteiger partial charge in [0.25, 0.3) is 0 Å². The van der Waals surface area contributed by atoms with Crippen molar-refractivity contribution < 1.29 is 44.7 Å². The molecule has 9 rings (SSSR count). The summed E-state index contributed by atoms with van der Waals surface area (Å²) in [5, 5.41) is 59.4.